The lowest BCUT2D eigenvalue weighted by Gasteiger charge is -2.23. The number of aryl methyl sites for hydroxylation is 1. The van der Waals surface area contributed by atoms with Crippen molar-refractivity contribution in [1.29, 1.82) is 0 Å². The van der Waals surface area contributed by atoms with Crippen LogP contribution >= 0.6 is 0 Å². The standard InChI is InChI=1S/C16H21N7/c1-10(2)14(16-17-6-7-22(16)3)19-13-8-12(11-4-5-11)21-23-9-18-20-15(13)23/h6-11,14,19H,4-5H2,1-3H3. The molecule has 0 bridgehead atoms. The van der Waals surface area contributed by atoms with Crippen LogP contribution in [0.3, 0.4) is 0 Å². The molecule has 4 rings (SSSR count). The predicted octanol–water partition coefficient (Wildman–Crippen LogP) is 2.54. The average Bonchev–Trinajstić information content (AvgIpc) is 3.12. The normalized spacial score (nSPS) is 16.2. The molecule has 3 aromatic heterocycles. The van der Waals surface area contributed by atoms with E-state index >= 15 is 0 Å². The molecular weight excluding hydrogens is 290 g/mol. The molecule has 1 unspecified atom stereocenters. The van der Waals surface area contributed by atoms with Crippen LogP contribution in [-0.4, -0.2) is 29.4 Å². The first-order valence-electron chi connectivity index (χ1n) is 8.08. The largest absolute Gasteiger partial charge is 0.372 e. The summed E-state index contributed by atoms with van der Waals surface area (Å²) in [5.41, 5.74) is 2.84. The van der Waals surface area contributed by atoms with Gasteiger partial charge in [-0.05, 0) is 24.8 Å². The summed E-state index contributed by atoms with van der Waals surface area (Å²) in [6.45, 7) is 4.38. The molecule has 1 atom stereocenters. The summed E-state index contributed by atoms with van der Waals surface area (Å²) < 4.78 is 3.83. The lowest BCUT2D eigenvalue weighted by Crippen LogP contribution is -2.21. The van der Waals surface area contributed by atoms with Gasteiger partial charge < -0.3 is 9.88 Å². The van der Waals surface area contributed by atoms with Crippen LogP contribution in [0.1, 0.15) is 50.2 Å². The Morgan fingerprint density at radius 2 is 2.13 bits per heavy atom. The quantitative estimate of drug-likeness (QED) is 0.784. The van der Waals surface area contributed by atoms with Crippen LogP contribution in [0.25, 0.3) is 5.65 Å². The zero-order valence-corrected chi connectivity index (χ0v) is 13.6. The van der Waals surface area contributed by atoms with Crippen LogP contribution in [0.4, 0.5) is 5.69 Å². The number of fused-ring (bicyclic) bond motifs is 1. The van der Waals surface area contributed by atoms with Crippen LogP contribution in [0.5, 0.6) is 0 Å². The van der Waals surface area contributed by atoms with Gasteiger partial charge in [0.2, 0.25) is 5.65 Å². The summed E-state index contributed by atoms with van der Waals surface area (Å²) >= 11 is 0. The number of aromatic nitrogens is 6. The molecule has 7 nitrogen and oxygen atoms in total. The fraction of sp³-hybridized carbons (Fsp3) is 0.500. The topological polar surface area (TPSA) is 72.9 Å². The van der Waals surface area contributed by atoms with Gasteiger partial charge in [0.05, 0.1) is 17.4 Å². The third-order valence-corrected chi connectivity index (χ3v) is 4.40. The average molecular weight is 311 g/mol. The Balaban J connectivity index is 1.75. The van der Waals surface area contributed by atoms with Crippen LogP contribution < -0.4 is 5.32 Å². The first-order valence-corrected chi connectivity index (χ1v) is 8.08. The second-order valence-electron chi connectivity index (χ2n) is 6.62. The molecule has 3 heterocycles. The SMILES string of the molecule is CC(C)C(Nc1cc(C2CC2)nn2cnnc12)c1nccn1C. The third kappa shape index (κ3) is 2.56. The van der Waals surface area contributed by atoms with Gasteiger partial charge in [0.25, 0.3) is 0 Å². The molecule has 23 heavy (non-hydrogen) atoms. The van der Waals surface area contributed by atoms with E-state index in [0.717, 1.165) is 22.9 Å². The number of anilines is 1. The maximum Gasteiger partial charge on any atom is 0.200 e. The molecule has 1 N–H and O–H groups in total. The van der Waals surface area contributed by atoms with Crippen LogP contribution in [-0.2, 0) is 7.05 Å². The van der Waals surface area contributed by atoms with Gasteiger partial charge in [-0.3, -0.25) is 0 Å². The summed E-state index contributed by atoms with van der Waals surface area (Å²) in [4.78, 5) is 4.51. The summed E-state index contributed by atoms with van der Waals surface area (Å²) in [5.74, 6) is 1.98. The van der Waals surface area contributed by atoms with Gasteiger partial charge in [-0.2, -0.15) is 9.61 Å². The minimum absolute atomic E-state index is 0.102. The highest BCUT2D eigenvalue weighted by atomic mass is 15.4. The Kier molecular flexibility index (Phi) is 3.28. The lowest BCUT2D eigenvalue weighted by molar-refractivity contribution is 0.508. The molecule has 0 spiro atoms. The van der Waals surface area contributed by atoms with Crippen molar-refractivity contribution in [2.75, 3.05) is 5.32 Å². The van der Waals surface area contributed by atoms with Gasteiger partial charge in [-0.25, -0.2) is 4.98 Å². The Bertz CT molecular complexity index is 828. The van der Waals surface area contributed by atoms with Gasteiger partial charge in [0, 0.05) is 25.4 Å². The first kappa shape index (κ1) is 14.2. The number of hydrogen-bond acceptors (Lipinski definition) is 5. The van der Waals surface area contributed by atoms with E-state index < -0.39 is 0 Å². The van der Waals surface area contributed by atoms with Crippen molar-refractivity contribution in [3.8, 4) is 0 Å². The maximum atomic E-state index is 4.62. The molecule has 120 valence electrons. The van der Waals surface area contributed by atoms with E-state index in [-0.39, 0.29) is 6.04 Å². The molecule has 7 heteroatoms. The van der Waals surface area contributed by atoms with E-state index in [9.17, 15) is 0 Å². The van der Waals surface area contributed by atoms with E-state index in [1.165, 1.54) is 12.8 Å². The highest BCUT2D eigenvalue weighted by molar-refractivity contribution is 5.67. The zero-order valence-electron chi connectivity index (χ0n) is 13.6. The molecule has 1 fully saturated rings. The number of hydrogen-bond donors (Lipinski definition) is 1. The Morgan fingerprint density at radius 1 is 1.30 bits per heavy atom. The third-order valence-electron chi connectivity index (χ3n) is 4.40. The molecule has 0 amide bonds. The highest BCUT2D eigenvalue weighted by Gasteiger charge is 2.28. The summed E-state index contributed by atoms with van der Waals surface area (Å²) in [6, 6.07) is 2.23. The second kappa shape index (κ2) is 5.33. The molecule has 0 aromatic carbocycles. The minimum atomic E-state index is 0.102. The number of nitrogens with one attached hydrogen (secondary N) is 1. The van der Waals surface area contributed by atoms with Crippen molar-refractivity contribution in [1.82, 2.24) is 29.4 Å². The Hall–Kier alpha value is -2.44. The van der Waals surface area contributed by atoms with Crippen LogP contribution in [0.15, 0.2) is 24.8 Å². The van der Waals surface area contributed by atoms with Crippen molar-refractivity contribution >= 4 is 11.3 Å². The molecule has 0 radical (unpaired) electrons. The van der Waals surface area contributed by atoms with Gasteiger partial charge in [0.1, 0.15) is 12.2 Å². The van der Waals surface area contributed by atoms with Crippen LogP contribution in [0, 0.1) is 5.92 Å². The molecule has 1 aliphatic rings. The van der Waals surface area contributed by atoms with E-state index in [1.807, 2.05) is 19.4 Å². The van der Waals surface area contributed by atoms with Crippen molar-refractivity contribution in [3.05, 3.63) is 36.3 Å². The van der Waals surface area contributed by atoms with Crippen LogP contribution in [0.2, 0.25) is 0 Å². The van der Waals surface area contributed by atoms with Gasteiger partial charge in [-0.15, -0.1) is 10.2 Å². The molecular formula is C16H21N7. The van der Waals surface area contributed by atoms with E-state index in [0.29, 0.717) is 11.8 Å². The Morgan fingerprint density at radius 3 is 2.78 bits per heavy atom. The van der Waals surface area contributed by atoms with Crippen molar-refractivity contribution in [2.24, 2.45) is 13.0 Å². The maximum absolute atomic E-state index is 4.62. The molecule has 1 aliphatic carbocycles. The van der Waals surface area contributed by atoms with E-state index in [1.54, 1.807) is 10.8 Å². The van der Waals surface area contributed by atoms with Gasteiger partial charge >= 0.3 is 0 Å². The predicted molar refractivity (Wildman–Crippen MR) is 87.2 cm³/mol. The number of rotatable bonds is 5. The van der Waals surface area contributed by atoms with Gasteiger partial charge in [-0.1, -0.05) is 13.8 Å². The monoisotopic (exact) mass is 311 g/mol. The fourth-order valence-electron chi connectivity index (χ4n) is 2.90. The van der Waals surface area contributed by atoms with Crippen molar-refractivity contribution < 1.29 is 0 Å². The van der Waals surface area contributed by atoms with Crippen molar-refractivity contribution in [3.63, 3.8) is 0 Å². The summed E-state index contributed by atoms with van der Waals surface area (Å²) in [6.07, 6.45) is 7.90. The summed E-state index contributed by atoms with van der Waals surface area (Å²) in [7, 11) is 2.02. The first-order chi connectivity index (χ1) is 11.1. The number of imidazole rings is 1. The number of nitrogens with zero attached hydrogens (tertiary/aromatic N) is 6. The zero-order chi connectivity index (χ0) is 16.0. The van der Waals surface area contributed by atoms with E-state index in [2.05, 4.69) is 50.1 Å². The lowest BCUT2D eigenvalue weighted by atomic mass is 10.0. The summed E-state index contributed by atoms with van der Waals surface area (Å²) in [5, 5.41) is 16.5. The smallest absolute Gasteiger partial charge is 0.200 e. The van der Waals surface area contributed by atoms with Gasteiger partial charge in [0.15, 0.2) is 0 Å². The molecule has 0 saturated heterocycles. The second-order valence-corrected chi connectivity index (χ2v) is 6.62. The molecule has 3 aromatic rings. The Labute approximate surface area is 134 Å². The minimum Gasteiger partial charge on any atom is -0.372 e. The highest BCUT2D eigenvalue weighted by Crippen LogP contribution is 2.40. The fourth-order valence-corrected chi connectivity index (χ4v) is 2.90. The molecule has 1 saturated carbocycles. The van der Waals surface area contributed by atoms with E-state index in [4.69, 9.17) is 0 Å². The van der Waals surface area contributed by atoms with Crippen molar-refractivity contribution in [2.45, 2.75) is 38.6 Å². The molecule has 0 aliphatic heterocycles.